The molecule has 0 heterocycles. The lowest BCUT2D eigenvalue weighted by Crippen LogP contribution is -2.41. The van der Waals surface area contributed by atoms with E-state index in [1.54, 1.807) is 0 Å². The quantitative estimate of drug-likeness (QED) is 0.546. The Balaban J connectivity index is 2.64. The SMILES string of the molecule is CCC[C@H](C)[C@@H](CC)CC[C@@H]1C[C@](C)(O)CCC1C(O)CBr. The highest BCUT2D eigenvalue weighted by atomic mass is 79.9. The molecule has 1 saturated carbocycles. The van der Waals surface area contributed by atoms with Crippen molar-refractivity contribution in [3.05, 3.63) is 0 Å². The Kier molecular flexibility index (Phi) is 8.96. The Morgan fingerprint density at radius 3 is 2.50 bits per heavy atom. The van der Waals surface area contributed by atoms with Gasteiger partial charge < -0.3 is 10.2 Å². The number of hydrogen-bond donors (Lipinski definition) is 2. The molecule has 0 aromatic carbocycles. The highest BCUT2D eigenvalue weighted by Crippen LogP contribution is 2.42. The van der Waals surface area contributed by atoms with Crippen LogP contribution in [-0.2, 0) is 0 Å². The molecular formula is C19H37BrO2. The monoisotopic (exact) mass is 376 g/mol. The average Bonchev–Trinajstić information content (AvgIpc) is 2.46. The van der Waals surface area contributed by atoms with E-state index in [0.717, 1.165) is 37.5 Å². The number of aliphatic hydroxyl groups is 2. The Morgan fingerprint density at radius 2 is 1.95 bits per heavy atom. The van der Waals surface area contributed by atoms with Crippen molar-refractivity contribution in [2.45, 2.75) is 90.8 Å². The van der Waals surface area contributed by atoms with Gasteiger partial charge in [-0.1, -0.05) is 56.0 Å². The van der Waals surface area contributed by atoms with Crippen LogP contribution in [-0.4, -0.2) is 27.2 Å². The van der Waals surface area contributed by atoms with E-state index in [1.165, 1.54) is 25.7 Å². The summed E-state index contributed by atoms with van der Waals surface area (Å²) in [5.41, 5.74) is -0.538. The van der Waals surface area contributed by atoms with E-state index in [4.69, 9.17) is 0 Å². The molecule has 0 spiro atoms. The molecule has 22 heavy (non-hydrogen) atoms. The number of hydrogen-bond acceptors (Lipinski definition) is 2. The molecule has 1 aliphatic carbocycles. The normalized spacial score (nSPS) is 33.4. The van der Waals surface area contributed by atoms with E-state index in [1.807, 2.05) is 6.92 Å². The molecule has 6 atom stereocenters. The predicted molar refractivity (Wildman–Crippen MR) is 98.3 cm³/mol. The van der Waals surface area contributed by atoms with Crippen LogP contribution in [0.4, 0.5) is 0 Å². The first-order valence-corrected chi connectivity index (χ1v) is 10.4. The van der Waals surface area contributed by atoms with Gasteiger partial charge in [0, 0.05) is 5.33 Å². The van der Waals surface area contributed by atoms with Gasteiger partial charge in [-0.05, 0) is 62.7 Å². The number of alkyl halides is 1. The van der Waals surface area contributed by atoms with E-state index in [-0.39, 0.29) is 6.10 Å². The molecule has 0 aromatic rings. The van der Waals surface area contributed by atoms with Crippen LogP contribution in [0.1, 0.15) is 79.1 Å². The van der Waals surface area contributed by atoms with Crippen molar-refractivity contribution in [3.63, 3.8) is 0 Å². The molecule has 3 heteroatoms. The van der Waals surface area contributed by atoms with Crippen LogP contribution in [0, 0.1) is 23.7 Å². The van der Waals surface area contributed by atoms with Crippen molar-refractivity contribution in [2.24, 2.45) is 23.7 Å². The van der Waals surface area contributed by atoms with Gasteiger partial charge in [0.1, 0.15) is 0 Å². The lowest BCUT2D eigenvalue weighted by Gasteiger charge is -2.42. The van der Waals surface area contributed by atoms with E-state index in [9.17, 15) is 10.2 Å². The lowest BCUT2D eigenvalue weighted by atomic mass is 9.68. The molecule has 0 radical (unpaired) electrons. The zero-order valence-electron chi connectivity index (χ0n) is 15.0. The van der Waals surface area contributed by atoms with Crippen LogP contribution >= 0.6 is 15.9 Å². The van der Waals surface area contributed by atoms with Crippen molar-refractivity contribution in [3.8, 4) is 0 Å². The molecule has 132 valence electrons. The van der Waals surface area contributed by atoms with Gasteiger partial charge in [-0.25, -0.2) is 0 Å². The van der Waals surface area contributed by atoms with Gasteiger partial charge >= 0.3 is 0 Å². The minimum absolute atomic E-state index is 0.269. The Morgan fingerprint density at radius 1 is 1.27 bits per heavy atom. The summed E-state index contributed by atoms with van der Waals surface area (Å²) >= 11 is 3.43. The molecule has 0 bridgehead atoms. The first-order valence-electron chi connectivity index (χ1n) is 9.31. The van der Waals surface area contributed by atoms with Crippen LogP contribution in [0.25, 0.3) is 0 Å². The third kappa shape index (κ3) is 6.13. The molecule has 1 aliphatic rings. The fourth-order valence-electron chi connectivity index (χ4n) is 4.48. The molecule has 0 saturated heterocycles. The second kappa shape index (κ2) is 9.64. The predicted octanol–water partition coefficient (Wildman–Crippen LogP) is 5.15. The fraction of sp³-hybridized carbons (Fsp3) is 1.00. The molecule has 2 unspecified atom stereocenters. The third-order valence-electron chi connectivity index (χ3n) is 5.96. The molecule has 1 fully saturated rings. The average molecular weight is 377 g/mol. The maximum Gasteiger partial charge on any atom is 0.0667 e. The van der Waals surface area contributed by atoms with Crippen LogP contribution in [0.2, 0.25) is 0 Å². The highest BCUT2D eigenvalue weighted by molar-refractivity contribution is 9.09. The summed E-state index contributed by atoms with van der Waals surface area (Å²) in [6, 6.07) is 0. The highest BCUT2D eigenvalue weighted by Gasteiger charge is 2.39. The van der Waals surface area contributed by atoms with Gasteiger partial charge in [0.25, 0.3) is 0 Å². The minimum atomic E-state index is -0.538. The van der Waals surface area contributed by atoms with Crippen LogP contribution in [0.3, 0.4) is 0 Å². The number of rotatable bonds is 9. The fourth-order valence-corrected chi connectivity index (χ4v) is 4.96. The van der Waals surface area contributed by atoms with Gasteiger partial charge in [0.15, 0.2) is 0 Å². The Labute approximate surface area is 146 Å². The van der Waals surface area contributed by atoms with E-state index in [2.05, 4.69) is 36.7 Å². The van der Waals surface area contributed by atoms with Crippen LogP contribution < -0.4 is 0 Å². The Hall–Kier alpha value is 0.400. The molecule has 1 rings (SSSR count). The zero-order chi connectivity index (χ0) is 16.8. The summed E-state index contributed by atoms with van der Waals surface area (Å²) in [4.78, 5) is 0. The molecule has 2 N–H and O–H groups in total. The number of halogens is 1. The second-order valence-corrected chi connectivity index (χ2v) is 8.54. The minimum Gasteiger partial charge on any atom is -0.392 e. The third-order valence-corrected chi connectivity index (χ3v) is 6.62. The zero-order valence-corrected chi connectivity index (χ0v) is 16.6. The summed E-state index contributed by atoms with van der Waals surface area (Å²) in [7, 11) is 0. The van der Waals surface area contributed by atoms with Crippen molar-refractivity contribution in [2.75, 3.05) is 5.33 Å². The largest absolute Gasteiger partial charge is 0.392 e. The summed E-state index contributed by atoms with van der Waals surface area (Å²) in [5.74, 6) is 2.38. The van der Waals surface area contributed by atoms with Crippen LogP contribution in [0.15, 0.2) is 0 Å². The summed E-state index contributed by atoms with van der Waals surface area (Å²) < 4.78 is 0. The van der Waals surface area contributed by atoms with Crippen molar-refractivity contribution < 1.29 is 10.2 Å². The lowest BCUT2D eigenvalue weighted by molar-refractivity contribution is -0.0499. The maximum absolute atomic E-state index is 10.4. The number of aliphatic hydroxyl groups excluding tert-OH is 1. The van der Waals surface area contributed by atoms with Gasteiger partial charge in [0.2, 0.25) is 0 Å². The Bertz CT molecular complexity index is 306. The van der Waals surface area contributed by atoms with Gasteiger partial charge in [-0.2, -0.15) is 0 Å². The maximum atomic E-state index is 10.4. The van der Waals surface area contributed by atoms with Gasteiger partial charge in [-0.15, -0.1) is 0 Å². The topological polar surface area (TPSA) is 40.5 Å². The second-order valence-electron chi connectivity index (χ2n) is 7.90. The van der Waals surface area contributed by atoms with E-state index >= 15 is 0 Å². The summed E-state index contributed by atoms with van der Waals surface area (Å²) in [6.45, 7) is 8.93. The van der Waals surface area contributed by atoms with Crippen molar-refractivity contribution in [1.82, 2.24) is 0 Å². The molecular weight excluding hydrogens is 340 g/mol. The molecule has 0 aromatic heterocycles. The van der Waals surface area contributed by atoms with E-state index < -0.39 is 5.60 Å². The summed E-state index contributed by atoms with van der Waals surface area (Å²) in [5, 5.41) is 21.4. The van der Waals surface area contributed by atoms with Crippen molar-refractivity contribution in [1.29, 1.82) is 0 Å². The van der Waals surface area contributed by atoms with Crippen LogP contribution in [0.5, 0.6) is 0 Å². The first kappa shape index (κ1) is 20.4. The van der Waals surface area contributed by atoms with E-state index in [0.29, 0.717) is 17.2 Å². The van der Waals surface area contributed by atoms with Gasteiger partial charge in [0.05, 0.1) is 11.7 Å². The molecule has 0 aliphatic heterocycles. The smallest absolute Gasteiger partial charge is 0.0667 e. The van der Waals surface area contributed by atoms with Gasteiger partial charge in [-0.3, -0.25) is 0 Å². The molecule has 2 nitrogen and oxygen atoms in total. The van der Waals surface area contributed by atoms with Crippen molar-refractivity contribution >= 4 is 15.9 Å². The first-order chi connectivity index (χ1) is 10.3. The summed E-state index contributed by atoms with van der Waals surface area (Å²) in [6.07, 6.45) is 8.56. The molecule has 0 amide bonds. The standard InChI is InChI=1S/C19H37BrO2/c1-5-7-14(3)15(6-2)8-9-16-12-19(4,22)11-10-17(16)18(21)13-20/h14-18,21-22H,5-13H2,1-4H3/t14-,15-,16+,17?,18?,19+/m0/s1.